The maximum Gasteiger partial charge on any atom is 0.119 e. The Bertz CT molecular complexity index is 843. The van der Waals surface area contributed by atoms with Crippen LogP contribution in [-0.2, 0) is 12.8 Å². The molecule has 1 saturated heterocycles. The average Bonchev–Trinajstić information content (AvgIpc) is 2.66. The van der Waals surface area contributed by atoms with E-state index in [0.717, 1.165) is 25.2 Å². The fourth-order valence-corrected chi connectivity index (χ4v) is 4.26. The van der Waals surface area contributed by atoms with E-state index >= 15 is 0 Å². The summed E-state index contributed by atoms with van der Waals surface area (Å²) < 4.78 is 6.08. The number of ether oxygens (including phenoxy) is 1. The van der Waals surface area contributed by atoms with Crippen molar-refractivity contribution in [2.24, 2.45) is 0 Å². The van der Waals surface area contributed by atoms with Crippen LogP contribution >= 0.6 is 0 Å². The second-order valence-electron chi connectivity index (χ2n) is 8.67. The topological polar surface area (TPSA) is 12.5 Å². The Kier molecular flexibility index (Phi) is 5.87. The van der Waals surface area contributed by atoms with Crippen molar-refractivity contribution in [3.8, 4) is 5.75 Å². The van der Waals surface area contributed by atoms with Crippen LogP contribution in [0.25, 0.3) is 5.57 Å². The Morgan fingerprint density at radius 3 is 2.46 bits per heavy atom. The molecule has 1 aliphatic heterocycles. The molecule has 148 valence electrons. The van der Waals surface area contributed by atoms with Crippen molar-refractivity contribution in [2.45, 2.75) is 52.4 Å². The lowest BCUT2D eigenvalue weighted by Gasteiger charge is -2.33. The van der Waals surface area contributed by atoms with E-state index in [2.05, 4.69) is 68.1 Å². The molecule has 0 atom stereocenters. The van der Waals surface area contributed by atoms with Gasteiger partial charge in [0.1, 0.15) is 5.75 Å². The summed E-state index contributed by atoms with van der Waals surface area (Å²) in [6.45, 7) is 11.2. The molecule has 0 saturated carbocycles. The summed E-state index contributed by atoms with van der Waals surface area (Å²) >= 11 is 0. The van der Waals surface area contributed by atoms with Crippen LogP contribution in [0.2, 0.25) is 0 Å². The number of hydrogen-bond acceptors (Lipinski definition) is 2. The third kappa shape index (κ3) is 4.33. The molecule has 0 N–H and O–H groups in total. The van der Waals surface area contributed by atoms with Gasteiger partial charge in [-0.1, -0.05) is 49.8 Å². The van der Waals surface area contributed by atoms with Gasteiger partial charge in [-0.05, 0) is 85.2 Å². The molecule has 0 unspecified atom stereocenters. The number of nitrogens with zero attached hydrogens (tertiary/aromatic N) is 1. The van der Waals surface area contributed by atoms with Crippen molar-refractivity contribution >= 4 is 5.57 Å². The van der Waals surface area contributed by atoms with Gasteiger partial charge in [-0.15, -0.1) is 0 Å². The summed E-state index contributed by atoms with van der Waals surface area (Å²) in [5.41, 5.74) is 8.74. The lowest BCUT2D eigenvalue weighted by molar-refractivity contribution is 0.197. The van der Waals surface area contributed by atoms with E-state index in [1.54, 1.807) is 5.57 Å². The van der Waals surface area contributed by atoms with Crippen molar-refractivity contribution in [2.75, 3.05) is 26.2 Å². The lowest BCUT2D eigenvalue weighted by Crippen LogP contribution is -2.38. The average molecular weight is 376 g/mol. The first-order valence-corrected chi connectivity index (χ1v) is 10.9. The van der Waals surface area contributed by atoms with Crippen molar-refractivity contribution in [1.29, 1.82) is 0 Å². The molecular weight excluding hydrogens is 342 g/mol. The van der Waals surface area contributed by atoms with Crippen LogP contribution in [0.1, 0.15) is 61.8 Å². The first-order chi connectivity index (χ1) is 13.6. The summed E-state index contributed by atoms with van der Waals surface area (Å²) in [5.74, 6) is 1.60. The normalized spacial score (nSPS) is 16.9. The zero-order chi connectivity index (χ0) is 19.5. The SMILES string of the molecule is CC1=C(CN2CCC2)CCc2cc(OCCc3ccc(C(C)C)cc3)ccc21. The molecule has 28 heavy (non-hydrogen) atoms. The van der Waals surface area contributed by atoms with E-state index in [1.807, 2.05) is 0 Å². The minimum Gasteiger partial charge on any atom is -0.493 e. The van der Waals surface area contributed by atoms with E-state index < -0.39 is 0 Å². The zero-order valence-electron chi connectivity index (χ0n) is 17.6. The molecule has 2 aromatic carbocycles. The van der Waals surface area contributed by atoms with Crippen LogP contribution in [0, 0.1) is 0 Å². The Hall–Kier alpha value is -2.06. The van der Waals surface area contributed by atoms with Crippen molar-refractivity contribution in [3.63, 3.8) is 0 Å². The number of hydrogen-bond donors (Lipinski definition) is 0. The van der Waals surface area contributed by atoms with Crippen molar-refractivity contribution < 1.29 is 4.74 Å². The molecule has 0 amide bonds. The van der Waals surface area contributed by atoms with Gasteiger partial charge in [0.25, 0.3) is 0 Å². The van der Waals surface area contributed by atoms with Gasteiger partial charge < -0.3 is 4.74 Å². The van der Waals surface area contributed by atoms with Crippen LogP contribution in [0.4, 0.5) is 0 Å². The Morgan fingerprint density at radius 1 is 1.00 bits per heavy atom. The standard InChI is InChI=1S/C26H33NO/c1-19(2)22-7-5-21(6-8-22)13-16-28-25-11-12-26-20(3)24(10-9-23(26)17-25)18-27-14-4-15-27/h5-8,11-12,17,19H,4,9-10,13-16,18H2,1-3H3. The second kappa shape index (κ2) is 8.53. The number of rotatable bonds is 7. The highest BCUT2D eigenvalue weighted by molar-refractivity contribution is 5.72. The van der Waals surface area contributed by atoms with Crippen LogP contribution in [-0.4, -0.2) is 31.1 Å². The van der Waals surface area contributed by atoms with Crippen molar-refractivity contribution in [1.82, 2.24) is 4.90 Å². The second-order valence-corrected chi connectivity index (χ2v) is 8.67. The fourth-order valence-electron chi connectivity index (χ4n) is 4.26. The van der Waals surface area contributed by atoms with Crippen LogP contribution in [0.15, 0.2) is 48.0 Å². The number of aryl methyl sites for hydroxylation is 1. The third-order valence-corrected chi connectivity index (χ3v) is 6.38. The van der Waals surface area contributed by atoms with E-state index in [9.17, 15) is 0 Å². The van der Waals surface area contributed by atoms with Gasteiger partial charge in [0.15, 0.2) is 0 Å². The molecule has 0 spiro atoms. The summed E-state index contributed by atoms with van der Waals surface area (Å²) in [6, 6.07) is 15.6. The Balaban J connectivity index is 1.35. The van der Waals surface area contributed by atoms with E-state index in [-0.39, 0.29) is 0 Å². The molecule has 2 aliphatic rings. The fraction of sp³-hybridized carbons (Fsp3) is 0.462. The molecule has 2 heteroatoms. The van der Waals surface area contributed by atoms with E-state index in [1.165, 1.54) is 60.3 Å². The first-order valence-electron chi connectivity index (χ1n) is 10.9. The van der Waals surface area contributed by atoms with E-state index in [0.29, 0.717) is 5.92 Å². The Labute approximate surface area is 170 Å². The highest BCUT2D eigenvalue weighted by Gasteiger charge is 2.21. The molecular formula is C26H33NO. The summed E-state index contributed by atoms with van der Waals surface area (Å²) in [4.78, 5) is 2.56. The maximum atomic E-state index is 6.08. The van der Waals surface area contributed by atoms with Gasteiger partial charge in [-0.3, -0.25) is 4.90 Å². The molecule has 2 aromatic rings. The smallest absolute Gasteiger partial charge is 0.119 e. The molecule has 2 nitrogen and oxygen atoms in total. The number of likely N-dealkylation sites (tertiary alicyclic amines) is 1. The molecule has 0 radical (unpaired) electrons. The summed E-state index contributed by atoms with van der Waals surface area (Å²) in [5, 5.41) is 0. The number of allylic oxidation sites excluding steroid dienone is 1. The zero-order valence-corrected chi connectivity index (χ0v) is 17.6. The minimum absolute atomic E-state index is 0.588. The molecule has 4 rings (SSSR count). The maximum absolute atomic E-state index is 6.08. The first kappa shape index (κ1) is 19.3. The molecule has 1 aliphatic carbocycles. The molecule has 0 bridgehead atoms. The molecule has 0 aromatic heterocycles. The molecule has 1 heterocycles. The minimum atomic E-state index is 0.588. The van der Waals surface area contributed by atoms with Crippen LogP contribution < -0.4 is 4.74 Å². The van der Waals surface area contributed by atoms with Crippen LogP contribution in [0.3, 0.4) is 0 Å². The summed E-state index contributed by atoms with van der Waals surface area (Å²) in [6.07, 6.45) is 4.66. The highest BCUT2D eigenvalue weighted by atomic mass is 16.5. The quantitative estimate of drug-likeness (QED) is 0.601. The predicted molar refractivity (Wildman–Crippen MR) is 118 cm³/mol. The van der Waals surface area contributed by atoms with Gasteiger partial charge in [-0.25, -0.2) is 0 Å². The summed E-state index contributed by atoms with van der Waals surface area (Å²) in [7, 11) is 0. The predicted octanol–water partition coefficient (Wildman–Crippen LogP) is 5.86. The monoisotopic (exact) mass is 375 g/mol. The van der Waals surface area contributed by atoms with Crippen molar-refractivity contribution in [3.05, 3.63) is 70.3 Å². The molecule has 1 fully saturated rings. The van der Waals surface area contributed by atoms with Gasteiger partial charge in [0.05, 0.1) is 6.61 Å². The largest absolute Gasteiger partial charge is 0.493 e. The number of benzene rings is 2. The van der Waals surface area contributed by atoms with Crippen LogP contribution in [0.5, 0.6) is 5.75 Å². The van der Waals surface area contributed by atoms with Gasteiger partial charge in [-0.2, -0.15) is 0 Å². The van der Waals surface area contributed by atoms with Gasteiger partial charge in [0.2, 0.25) is 0 Å². The van der Waals surface area contributed by atoms with E-state index in [4.69, 9.17) is 4.74 Å². The third-order valence-electron chi connectivity index (χ3n) is 6.38. The highest BCUT2D eigenvalue weighted by Crippen LogP contribution is 2.34. The number of fused-ring (bicyclic) bond motifs is 1. The Morgan fingerprint density at radius 2 is 1.79 bits per heavy atom. The van der Waals surface area contributed by atoms with Gasteiger partial charge >= 0.3 is 0 Å². The van der Waals surface area contributed by atoms with Gasteiger partial charge in [0, 0.05) is 13.0 Å². The lowest BCUT2D eigenvalue weighted by atomic mass is 9.85.